The maximum absolute atomic E-state index is 13.3. The fourth-order valence-corrected chi connectivity index (χ4v) is 4.92. The molecule has 6 heteroatoms. The molecule has 0 aliphatic heterocycles. The smallest absolute Gasteiger partial charge is 0.282 e. The van der Waals surface area contributed by atoms with Crippen LogP contribution >= 0.6 is 15.9 Å². The van der Waals surface area contributed by atoms with Gasteiger partial charge in [-0.2, -0.15) is 9.78 Å². The van der Waals surface area contributed by atoms with E-state index in [0.717, 1.165) is 16.5 Å². The maximum atomic E-state index is 13.3. The zero-order valence-electron chi connectivity index (χ0n) is 18.2. The molecular weight excluding hydrogens is 440 g/mol. The van der Waals surface area contributed by atoms with Gasteiger partial charge in [-0.05, 0) is 57.4 Å². The highest BCUT2D eigenvalue weighted by Gasteiger charge is 2.21. The predicted octanol–water partition coefficient (Wildman–Crippen LogP) is 6.09. The molecule has 0 N–H and O–H groups in total. The van der Waals surface area contributed by atoms with Crippen LogP contribution in [0.25, 0.3) is 10.9 Å². The largest absolute Gasteiger partial charge is 0.345 e. The monoisotopic (exact) mass is 468 g/mol. The van der Waals surface area contributed by atoms with Crippen molar-refractivity contribution >= 4 is 33.0 Å². The van der Waals surface area contributed by atoms with Crippen molar-refractivity contribution in [3.05, 3.63) is 61.9 Å². The minimum absolute atomic E-state index is 0.127. The zero-order valence-corrected chi connectivity index (χ0v) is 19.7. The molecule has 0 spiro atoms. The van der Waals surface area contributed by atoms with Crippen LogP contribution in [0.1, 0.15) is 80.7 Å². The molecule has 2 aromatic heterocycles. The Balaban J connectivity index is 1.81. The summed E-state index contributed by atoms with van der Waals surface area (Å²) in [6.07, 6.45) is 7.81. The van der Waals surface area contributed by atoms with Crippen LogP contribution in [0, 0.1) is 13.8 Å². The topological polar surface area (TPSA) is 52.2 Å². The van der Waals surface area contributed by atoms with Crippen molar-refractivity contribution in [2.75, 3.05) is 0 Å². The van der Waals surface area contributed by atoms with E-state index in [0.29, 0.717) is 22.8 Å². The van der Waals surface area contributed by atoms with Crippen LogP contribution < -0.4 is 5.56 Å². The third-order valence-electron chi connectivity index (χ3n) is 6.41. The highest BCUT2D eigenvalue weighted by atomic mass is 79.9. The standard InChI is InChI=1S/C24H29BrN4O/c1-5-15(2)23-27-22-11-10-19(25)13-21(22)24(30)29(23)26-14-18-12-16(3)28(17(18)4)20-8-6-7-9-20/h10-15,20H,5-9H2,1-4H3/t15-/m0/s1. The number of benzene rings is 1. The number of fused-ring (bicyclic) bond motifs is 1. The van der Waals surface area contributed by atoms with Gasteiger partial charge in [0.25, 0.3) is 5.56 Å². The summed E-state index contributed by atoms with van der Waals surface area (Å²) in [5, 5.41) is 5.23. The van der Waals surface area contributed by atoms with Crippen LogP contribution in [0.15, 0.2) is 38.6 Å². The van der Waals surface area contributed by atoms with Crippen molar-refractivity contribution in [1.29, 1.82) is 0 Å². The van der Waals surface area contributed by atoms with E-state index in [4.69, 9.17) is 4.98 Å². The van der Waals surface area contributed by atoms with Crippen LogP contribution in [0.3, 0.4) is 0 Å². The molecule has 1 aromatic carbocycles. The summed E-state index contributed by atoms with van der Waals surface area (Å²) in [4.78, 5) is 18.1. The molecule has 2 heterocycles. The zero-order chi connectivity index (χ0) is 21.4. The van der Waals surface area contributed by atoms with Gasteiger partial charge in [0.05, 0.1) is 17.1 Å². The van der Waals surface area contributed by atoms with Gasteiger partial charge in [0.1, 0.15) is 5.82 Å². The Kier molecular flexibility index (Phi) is 5.96. The average molecular weight is 469 g/mol. The Hall–Kier alpha value is -2.21. The minimum Gasteiger partial charge on any atom is -0.345 e. The Labute approximate surface area is 186 Å². The van der Waals surface area contributed by atoms with Gasteiger partial charge in [0.15, 0.2) is 0 Å². The first-order valence-electron chi connectivity index (χ1n) is 10.9. The molecule has 0 bridgehead atoms. The number of aryl methyl sites for hydroxylation is 1. The normalized spacial score (nSPS) is 16.2. The second-order valence-electron chi connectivity index (χ2n) is 8.44. The maximum Gasteiger partial charge on any atom is 0.282 e. The van der Waals surface area contributed by atoms with E-state index in [-0.39, 0.29) is 11.5 Å². The number of nitrogens with zero attached hydrogens (tertiary/aromatic N) is 4. The average Bonchev–Trinajstić information content (AvgIpc) is 3.34. The van der Waals surface area contributed by atoms with Crippen molar-refractivity contribution in [2.45, 2.75) is 71.8 Å². The lowest BCUT2D eigenvalue weighted by molar-refractivity contribution is 0.500. The van der Waals surface area contributed by atoms with Crippen LogP contribution in [-0.4, -0.2) is 20.4 Å². The number of hydrogen-bond donors (Lipinski definition) is 0. The minimum atomic E-state index is -0.127. The number of rotatable bonds is 5. The quantitative estimate of drug-likeness (QED) is 0.425. The highest BCUT2D eigenvalue weighted by Crippen LogP contribution is 2.33. The van der Waals surface area contributed by atoms with E-state index in [1.54, 1.807) is 0 Å². The predicted molar refractivity (Wildman–Crippen MR) is 127 cm³/mol. The highest BCUT2D eigenvalue weighted by molar-refractivity contribution is 9.10. The molecule has 3 aromatic rings. The molecule has 158 valence electrons. The van der Waals surface area contributed by atoms with Crippen LogP contribution in [-0.2, 0) is 0 Å². The first-order valence-corrected chi connectivity index (χ1v) is 11.6. The molecule has 1 saturated carbocycles. The SMILES string of the molecule is CC[C@H](C)c1nc2ccc(Br)cc2c(=O)n1N=Cc1cc(C)n(C2CCCC2)c1C. The summed E-state index contributed by atoms with van der Waals surface area (Å²) >= 11 is 3.46. The van der Waals surface area contributed by atoms with Crippen LogP contribution in [0.4, 0.5) is 0 Å². The van der Waals surface area contributed by atoms with Crippen LogP contribution in [0.5, 0.6) is 0 Å². The Morgan fingerprint density at radius 1 is 1.27 bits per heavy atom. The second-order valence-corrected chi connectivity index (χ2v) is 9.35. The molecule has 0 saturated heterocycles. The number of aromatic nitrogens is 3. The summed E-state index contributed by atoms with van der Waals surface area (Å²) in [5.74, 6) is 0.840. The van der Waals surface area contributed by atoms with Gasteiger partial charge in [-0.15, -0.1) is 0 Å². The van der Waals surface area contributed by atoms with E-state index in [2.05, 4.69) is 59.4 Å². The molecule has 1 aliphatic carbocycles. The van der Waals surface area contributed by atoms with Crippen molar-refractivity contribution in [3.63, 3.8) is 0 Å². The van der Waals surface area contributed by atoms with Crippen molar-refractivity contribution < 1.29 is 0 Å². The van der Waals surface area contributed by atoms with Gasteiger partial charge in [-0.25, -0.2) is 4.98 Å². The summed E-state index contributed by atoms with van der Waals surface area (Å²) in [6, 6.07) is 8.39. The van der Waals surface area contributed by atoms with Crippen molar-refractivity contribution in [3.8, 4) is 0 Å². The van der Waals surface area contributed by atoms with E-state index in [9.17, 15) is 4.79 Å². The van der Waals surface area contributed by atoms with Gasteiger partial charge in [0.2, 0.25) is 0 Å². The molecule has 5 nitrogen and oxygen atoms in total. The molecule has 30 heavy (non-hydrogen) atoms. The first-order chi connectivity index (χ1) is 14.4. The Morgan fingerprint density at radius 2 is 2.00 bits per heavy atom. The third kappa shape index (κ3) is 3.78. The van der Waals surface area contributed by atoms with Gasteiger partial charge in [-0.3, -0.25) is 4.79 Å². The summed E-state index contributed by atoms with van der Waals surface area (Å²) in [7, 11) is 0. The second kappa shape index (κ2) is 8.50. The van der Waals surface area contributed by atoms with Gasteiger partial charge >= 0.3 is 0 Å². The Bertz CT molecular complexity index is 1170. The molecule has 0 unspecified atom stereocenters. The molecule has 0 amide bonds. The lowest BCUT2D eigenvalue weighted by Crippen LogP contribution is -2.23. The van der Waals surface area contributed by atoms with Crippen molar-refractivity contribution in [1.82, 2.24) is 14.2 Å². The van der Waals surface area contributed by atoms with E-state index >= 15 is 0 Å². The van der Waals surface area contributed by atoms with Crippen molar-refractivity contribution in [2.24, 2.45) is 5.10 Å². The Morgan fingerprint density at radius 3 is 2.70 bits per heavy atom. The summed E-state index contributed by atoms with van der Waals surface area (Å²) in [6.45, 7) is 8.51. The third-order valence-corrected chi connectivity index (χ3v) is 6.91. The van der Waals surface area contributed by atoms with E-state index in [1.165, 1.54) is 41.7 Å². The molecular formula is C24H29BrN4O. The number of hydrogen-bond acceptors (Lipinski definition) is 3. The summed E-state index contributed by atoms with van der Waals surface area (Å²) in [5.41, 5.74) is 4.13. The molecule has 0 radical (unpaired) electrons. The lowest BCUT2D eigenvalue weighted by atomic mass is 10.1. The van der Waals surface area contributed by atoms with Crippen LogP contribution in [0.2, 0.25) is 0 Å². The fourth-order valence-electron chi connectivity index (χ4n) is 4.56. The molecule has 1 atom stereocenters. The molecule has 1 fully saturated rings. The van der Waals surface area contributed by atoms with E-state index < -0.39 is 0 Å². The fraction of sp³-hybridized carbons (Fsp3) is 0.458. The van der Waals surface area contributed by atoms with Gasteiger partial charge < -0.3 is 4.57 Å². The van der Waals surface area contributed by atoms with E-state index in [1.807, 2.05) is 24.4 Å². The molecule has 4 rings (SSSR count). The first kappa shape index (κ1) is 21.0. The van der Waals surface area contributed by atoms with Gasteiger partial charge in [-0.1, -0.05) is 42.6 Å². The molecule has 1 aliphatic rings. The lowest BCUT2D eigenvalue weighted by Gasteiger charge is -2.17. The van der Waals surface area contributed by atoms with Gasteiger partial charge in [0, 0.05) is 33.4 Å². The summed E-state index contributed by atoms with van der Waals surface area (Å²) < 4.78 is 4.80. The number of halogens is 1.